The van der Waals surface area contributed by atoms with E-state index < -0.39 is 0 Å². The highest BCUT2D eigenvalue weighted by Crippen LogP contribution is 2.22. The molecule has 0 aliphatic rings. The number of benzene rings is 3. The molecule has 0 unspecified atom stereocenters. The topological polar surface area (TPSA) is 85.3 Å². The first-order chi connectivity index (χ1) is 17.3. The second-order valence-corrected chi connectivity index (χ2v) is 8.38. The van der Waals surface area contributed by atoms with E-state index in [2.05, 4.69) is 15.7 Å². The Balaban J connectivity index is 1.41. The van der Waals surface area contributed by atoms with Crippen LogP contribution in [0.1, 0.15) is 43.2 Å². The van der Waals surface area contributed by atoms with E-state index >= 15 is 0 Å². The molecule has 0 aliphatic carbocycles. The number of ether oxygens (including phenoxy) is 1. The molecule has 4 rings (SSSR count). The number of halogens is 1. The van der Waals surface area contributed by atoms with Gasteiger partial charge in [-0.05, 0) is 61.4 Å². The van der Waals surface area contributed by atoms with Crippen molar-refractivity contribution in [3.8, 4) is 5.75 Å². The van der Waals surface area contributed by atoms with Gasteiger partial charge in [0.2, 0.25) is 0 Å². The van der Waals surface area contributed by atoms with E-state index in [1.165, 1.54) is 12.1 Å². The van der Waals surface area contributed by atoms with Gasteiger partial charge >= 0.3 is 0 Å². The van der Waals surface area contributed by atoms with Crippen LogP contribution in [-0.4, -0.2) is 28.6 Å². The number of aromatic nitrogens is 2. The summed E-state index contributed by atoms with van der Waals surface area (Å²) in [6.07, 6.45) is 0. The van der Waals surface area contributed by atoms with Crippen molar-refractivity contribution < 1.29 is 18.7 Å². The second kappa shape index (κ2) is 10.9. The smallest absolute Gasteiger partial charge is 0.255 e. The van der Waals surface area contributed by atoms with Crippen molar-refractivity contribution >= 4 is 17.5 Å². The lowest BCUT2D eigenvalue weighted by atomic mass is 10.1. The van der Waals surface area contributed by atoms with Crippen molar-refractivity contribution in [3.63, 3.8) is 0 Å². The molecular formula is C28H27FN4O3. The van der Waals surface area contributed by atoms with Gasteiger partial charge in [-0.25, -0.2) is 4.39 Å². The first-order valence-electron chi connectivity index (χ1n) is 11.5. The zero-order chi connectivity index (χ0) is 25.7. The Bertz CT molecular complexity index is 1400. The van der Waals surface area contributed by atoms with Gasteiger partial charge in [-0.1, -0.05) is 30.3 Å². The van der Waals surface area contributed by atoms with Crippen LogP contribution in [0.4, 0.5) is 10.1 Å². The zero-order valence-corrected chi connectivity index (χ0v) is 20.3. The van der Waals surface area contributed by atoms with Crippen LogP contribution in [0.25, 0.3) is 0 Å². The van der Waals surface area contributed by atoms with Crippen LogP contribution in [-0.2, 0) is 13.2 Å². The molecule has 0 saturated heterocycles. The summed E-state index contributed by atoms with van der Waals surface area (Å²) in [7, 11) is 1.60. The Hall–Kier alpha value is -4.46. The average molecular weight is 487 g/mol. The van der Waals surface area contributed by atoms with Gasteiger partial charge in [0, 0.05) is 24.2 Å². The molecule has 4 aromatic rings. The fourth-order valence-corrected chi connectivity index (χ4v) is 3.82. The van der Waals surface area contributed by atoms with Crippen molar-refractivity contribution in [2.75, 3.05) is 12.4 Å². The molecule has 0 fully saturated rings. The lowest BCUT2D eigenvalue weighted by Gasteiger charge is -2.09. The van der Waals surface area contributed by atoms with E-state index in [9.17, 15) is 14.0 Å². The third kappa shape index (κ3) is 5.78. The Kier molecular flexibility index (Phi) is 7.44. The standard InChI is InChI=1S/C28H27FN4O3/c1-18-26(19(2)33(32-18)16-21-6-4-7-23(14-21)27(34)30-3)31-28(35)22-12-10-20(11-13-22)17-36-25-9-5-8-24(29)15-25/h4-15H,16-17H2,1-3H3,(H,30,34)(H,31,35). The average Bonchev–Trinajstić information content (AvgIpc) is 3.14. The Morgan fingerprint density at radius 2 is 1.67 bits per heavy atom. The van der Waals surface area contributed by atoms with Gasteiger partial charge in [-0.15, -0.1) is 0 Å². The number of carbonyl (C=O) groups excluding carboxylic acids is 2. The summed E-state index contributed by atoms with van der Waals surface area (Å²) in [6, 6.07) is 20.4. The normalized spacial score (nSPS) is 10.7. The van der Waals surface area contributed by atoms with Gasteiger partial charge in [0.05, 0.1) is 23.6 Å². The number of nitrogens with zero attached hydrogens (tertiary/aromatic N) is 2. The Labute approximate surface area is 208 Å². The van der Waals surface area contributed by atoms with E-state index in [0.717, 1.165) is 16.8 Å². The minimum Gasteiger partial charge on any atom is -0.489 e. The molecule has 0 spiro atoms. The fourth-order valence-electron chi connectivity index (χ4n) is 3.82. The summed E-state index contributed by atoms with van der Waals surface area (Å²) in [6.45, 7) is 4.46. The molecule has 184 valence electrons. The molecule has 0 aliphatic heterocycles. The van der Waals surface area contributed by atoms with Gasteiger partial charge in [-0.3, -0.25) is 14.3 Å². The monoisotopic (exact) mass is 486 g/mol. The number of hydrogen-bond donors (Lipinski definition) is 2. The van der Waals surface area contributed by atoms with Gasteiger partial charge in [0.15, 0.2) is 0 Å². The Morgan fingerprint density at radius 3 is 2.39 bits per heavy atom. The van der Waals surface area contributed by atoms with E-state index in [-0.39, 0.29) is 24.2 Å². The molecule has 0 bridgehead atoms. The molecule has 7 nitrogen and oxygen atoms in total. The van der Waals surface area contributed by atoms with Gasteiger partial charge in [0.1, 0.15) is 18.2 Å². The van der Waals surface area contributed by atoms with Crippen molar-refractivity contribution in [3.05, 3.63) is 112 Å². The predicted octanol–water partition coefficient (Wildman–Crippen LogP) is 4.88. The van der Waals surface area contributed by atoms with Crippen LogP contribution < -0.4 is 15.4 Å². The lowest BCUT2D eigenvalue weighted by molar-refractivity contribution is 0.0962. The van der Waals surface area contributed by atoms with Crippen LogP contribution in [0.2, 0.25) is 0 Å². The molecule has 2 N–H and O–H groups in total. The third-order valence-corrected chi connectivity index (χ3v) is 5.79. The summed E-state index contributed by atoms with van der Waals surface area (Å²) < 4.78 is 20.7. The van der Waals surface area contributed by atoms with Crippen LogP contribution in [0.15, 0.2) is 72.8 Å². The van der Waals surface area contributed by atoms with Crippen LogP contribution in [0, 0.1) is 19.7 Å². The zero-order valence-electron chi connectivity index (χ0n) is 20.3. The van der Waals surface area contributed by atoms with Crippen LogP contribution in [0.3, 0.4) is 0 Å². The molecule has 36 heavy (non-hydrogen) atoms. The maximum atomic E-state index is 13.3. The SMILES string of the molecule is CNC(=O)c1cccc(Cn2nc(C)c(NC(=O)c3ccc(COc4cccc(F)c4)cc3)c2C)c1. The number of hydrogen-bond acceptors (Lipinski definition) is 4. The lowest BCUT2D eigenvalue weighted by Crippen LogP contribution is -2.18. The van der Waals surface area contributed by atoms with E-state index in [0.29, 0.717) is 34.8 Å². The van der Waals surface area contributed by atoms with Crippen molar-refractivity contribution in [2.45, 2.75) is 27.0 Å². The van der Waals surface area contributed by atoms with E-state index in [4.69, 9.17) is 4.74 Å². The minimum atomic E-state index is -0.356. The maximum absolute atomic E-state index is 13.3. The number of carbonyl (C=O) groups is 2. The molecular weight excluding hydrogens is 459 g/mol. The minimum absolute atomic E-state index is 0.148. The molecule has 2 amide bonds. The summed E-state index contributed by atoms with van der Waals surface area (Å²) in [4.78, 5) is 24.8. The molecule has 0 saturated carbocycles. The number of amides is 2. The molecule has 3 aromatic carbocycles. The number of nitrogens with one attached hydrogen (secondary N) is 2. The highest BCUT2D eigenvalue weighted by molar-refractivity contribution is 6.04. The molecule has 1 aromatic heterocycles. The first-order valence-corrected chi connectivity index (χ1v) is 11.5. The molecule has 1 heterocycles. The molecule has 0 radical (unpaired) electrons. The van der Waals surface area contributed by atoms with Crippen molar-refractivity contribution in [1.29, 1.82) is 0 Å². The predicted molar refractivity (Wildman–Crippen MR) is 136 cm³/mol. The van der Waals surface area contributed by atoms with Gasteiger partial charge < -0.3 is 15.4 Å². The van der Waals surface area contributed by atoms with Crippen molar-refractivity contribution in [1.82, 2.24) is 15.1 Å². The number of aryl methyl sites for hydroxylation is 1. The van der Waals surface area contributed by atoms with E-state index in [1.807, 2.05) is 32.0 Å². The van der Waals surface area contributed by atoms with Gasteiger partial charge in [0.25, 0.3) is 11.8 Å². The largest absolute Gasteiger partial charge is 0.489 e. The summed E-state index contributed by atoms with van der Waals surface area (Å²) >= 11 is 0. The number of rotatable bonds is 8. The second-order valence-electron chi connectivity index (χ2n) is 8.38. The van der Waals surface area contributed by atoms with Gasteiger partial charge in [-0.2, -0.15) is 5.10 Å². The fraction of sp³-hybridized carbons (Fsp3) is 0.179. The first kappa shape index (κ1) is 24.7. The number of anilines is 1. The van der Waals surface area contributed by atoms with Crippen molar-refractivity contribution in [2.24, 2.45) is 0 Å². The highest BCUT2D eigenvalue weighted by atomic mass is 19.1. The van der Waals surface area contributed by atoms with E-state index in [1.54, 1.807) is 54.2 Å². The summed E-state index contributed by atoms with van der Waals surface area (Å²) in [5.41, 5.74) is 5.02. The van der Waals surface area contributed by atoms with Crippen LogP contribution in [0.5, 0.6) is 5.75 Å². The molecule has 0 atom stereocenters. The quantitative estimate of drug-likeness (QED) is 0.372. The summed E-state index contributed by atoms with van der Waals surface area (Å²) in [5.74, 6) is -0.310. The molecule has 8 heteroatoms. The third-order valence-electron chi connectivity index (χ3n) is 5.79. The Morgan fingerprint density at radius 1 is 0.917 bits per heavy atom. The van der Waals surface area contributed by atoms with Crippen LogP contribution >= 0.6 is 0 Å². The highest BCUT2D eigenvalue weighted by Gasteiger charge is 2.16. The summed E-state index contributed by atoms with van der Waals surface area (Å²) in [5, 5.41) is 10.2. The maximum Gasteiger partial charge on any atom is 0.255 e.